The number of rotatable bonds is 7. The first-order valence-electron chi connectivity index (χ1n) is 10.8. The molecular formula is C22H27ClN4O5S. The molecule has 3 N–H and O–H groups in total. The van der Waals surface area contributed by atoms with Crippen molar-refractivity contribution in [3.05, 3.63) is 47.5 Å². The monoisotopic (exact) mass is 494 g/mol. The number of amides is 2. The van der Waals surface area contributed by atoms with Crippen molar-refractivity contribution in [2.75, 3.05) is 55.4 Å². The highest BCUT2D eigenvalue weighted by Gasteiger charge is 2.27. The molecule has 0 saturated carbocycles. The smallest absolute Gasteiger partial charge is 0.323 e. The Hall–Kier alpha value is -2.37. The number of urea groups is 1. The van der Waals surface area contributed by atoms with Crippen LogP contribution in [0.15, 0.2) is 47.4 Å². The Balaban J connectivity index is 1.55. The van der Waals surface area contributed by atoms with Crippen molar-refractivity contribution in [2.45, 2.75) is 23.8 Å². The molecule has 4 rings (SSSR count). The van der Waals surface area contributed by atoms with Crippen molar-refractivity contribution in [1.29, 1.82) is 0 Å². The molecule has 0 unspecified atom stereocenters. The molecule has 1 atom stereocenters. The lowest BCUT2D eigenvalue weighted by Crippen LogP contribution is -2.40. The third-order valence-corrected chi connectivity index (χ3v) is 7.64. The van der Waals surface area contributed by atoms with Gasteiger partial charge in [-0.05, 0) is 55.3 Å². The highest BCUT2D eigenvalue weighted by atomic mass is 35.5. The van der Waals surface area contributed by atoms with Gasteiger partial charge in [-0.3, -0.25) is 0 Å². The Bertz CT molecular complexity index is 1070. The summed E-state index contributed by atoms with van der Waals surface area (Å²) in [6, 6.07) is 10.9. The van der Waals surface area contributed by atoms with E-state index in [1.807, 2.05) is 0 Å². The molecule has 2 aliphatic rings. The molecule has 0 spiro atoms. The van der Waals surface area contributed by atoms with Gasteiger partial charge in [-0.25, -0.2) is 13.2 Å². The highest BCUT2D eigenvalue weighted by Crippen LogP contribution is 2.29. The summed E-state index contributed by atoms with van der Waals surface area (Å²) in [5.74, 6) is 0. The van der Waals surface area contributed by atoms with Gasteiger partial charge in [0, 0.05) is 37.0 Å². The van der Waals surface area contributed by atoms with Gasteiger partial charge in [-0.15, -0.1) is 0 Å². The maximum absolute atomic E-state index is 13.1. The summed E-state index contributed by atoms with van der Waals surface area (Å²) >= 11 is 5.90. The van der Waals surface area contributed by atoms with E-state index < -0.39 is 16.1 Å². The number of carbonyl (C=O) groups excluding carboxylic acids is 1. The normalized spacial score (nSPS) is 19.2. The number of carbonyl (C=O) groups is 1. The van der Waals surface area contributed by atoms with Crippen LogP contribution in [0, 0.1) is 0 Å². The first-order valence-corrected chi connectivity index (χ1v) is 12.6. The summed E-state index contributed by atoms with van der Waals surface area (Å²) in [7, 11) is -3.72. The third kappa shape index (κ3) is 6.15. The lowest BCUT2D eigenvalue weighted by molar-refractivity contribution is 0.0730. The maximum atomic E-state index is 13.1. The zero-order valence-electron chi connectivity index (χ0n) is 18.1. The predicted molar refractivity (Wildman–Crippen MR) is 128 cm³/mol. The van der Waals surface area contributed by atoms with E-state index in [1.54, 1.807) is 36.4 Å². The number of nitrogens with one attached hydrogen (secondary N) is 3. The van der Waals surface area contributed by atoms with Crippen LogP contribution >= 0.6 is 11.6 Å². The Labute approximate surface area is 198 Å². The summed E-state index contributed by atoms with van der Waals surface area (Å²) in [6.45, 7) is 2.59. The van der Waals surface area contributed by atoms with E-state index >= 15 is 0 Å². The van der Waals surface area contributed by atoms with E-state index in [0.29, 0.717) is 54.9 Å². The number of hydrogen-bond acceptors (Lipinski definition) is 6. The van der Waals surface area contributed by atoms with Crippen LogP contribution in [0.25, 0.3) is 0 Å². The van der Waals surface area contributed by atoms with E-state index in [2.05, 4.69) is 16.0 Å². The average Bonchev–Trinajstić information content (AvgIpc) is 3.34. The Morgan fingerprint density at radius 2 is 1.79 bits per heavy atom. The van der Waals surface area contributed by atoms with Crippen molar-refractivity contribution in [1.82, 2.24) is 4.31 Å². The van der Waals surface area contributed by atoms with Crippen LogP contribution in [0.2, 0.25) is 5.02 Å². The zero-order valence-corrected chi connectivity index (χ0v) is 19.6. The number of anilines is 3. The van der Waals surface area contributed by atoms with Gasteiger partial charge in [0.05, 0.1) is 35.6 Å². The molecule has 0 aromatic heterocycles. The minimum atomic E-state index is -3.72. The summed E-state index contributed by atoms with van der Waals surface area (Å²) in [5.41, 5.74) is 1.52. The molecule has 2 aromatic carbocycles. The first kappa shape index (κ1) is 23.8. The number of hydrogen-bond donors (Lipinski definition) is 3. The average molecular weight is 495 g/mol. The van der Waals surface area contributed by atoms with Gasteiger partial charge in [0.15, 0.2) is 0 Å². The van der Waals surface area contributed by atoms with Crippen LogP contribution in [-0.4, -0.2) is 64.3 Å². The van der Waals surface area contributed by atoms with E-state index in [4.69, 9.17) is 21.1 Å². The Morgan fingerprint density at radius 3 is 2.48 bits per heavy atom. The van der Waals surface area contributed by atoms with Gasteiger partial charge in [0.1, 0.15) is 0 Å². The molecule has 0 aliphatic carbocycles. The highest BCUT2D eigenvalue weighted by molar-refractivity contribution is 7.89. The second kappa shape index (κ2) is 10.7. The fourth-order valence-corrected chi connectivity index (χ4v) is 5.29. The van der Waals surface area contributed by atoms with Crippen LogP contribution < -0.4 is 16.0 Å². The molecule has 2 amide bonds. The molecular weight excluding hydrogens is 468 g/mol. The van der Waals surface area contributed by atoms with Gasteiger partial charge >= 0.3 is 6.03 Å². The first-order chi connectivity index (χ1) is 15.9. The van der Waals surface area contributed by atoms with Crippen LogP contribution in [-0.2, 0) is 19.5 Å². The molecule has 2 aromatic rings. The lowest BCUT2D eigenvalue weighted by Gasteiger charge is -2.26. The molecule has 33 heavy (non-hydrogen) atoms. The number of ether oxygens (including phenoxy) is 2. The quantitative estimate of drug-likeness (QED) is 0.542. The van der Waals surface area contributed by atoms with Gasteiger partial charge in [-0.1, -0.05) is 11.6 Å². The topological polar surface area (TPSA) is 109 Å². The van der Waals surface area contributed by atoms with Crippen molar-refractivity contribution in [3.63, 3.8) is 0 Å². The number of halogens is 1. The van der Waals surface area contributed by atoms with Crippen molar-refractivity contribution in [2.24, 2.45) is 0 Å². The SMILES string of the molecule is O=C(Nc1ccc(Cl)cc1)Nc1cc(S(=O)(=O)N2CCOCC2)ccc1NC[C@@H]1CCCO1. The summed E-state index contributed by atoms with van der Waals surface area (Å²) in [5, 5.41) is 9.33. The second-order valence-corrected chi connectivity index (χ2v) is 10.2. The summed E-state index contributed by atoms with van der Waals surface area (Å²) in [4.78, 5) is 12.8. The minimum Gasteiger partial charge on any atom is -0.381 e. The standard InChI is InChI=1S/C22H27ClN4O5S/c23-16-3-5-17(6-4-16)25-22(28)26-21-14-19(33(29,30)27-9-12-31-13-10-27)7-8-20(21)24-15-18-2-1-11-32-18/h3-8,14,18,24H,1-2,9-13,15H2,(H2,25,26,28)/t18-/m0/s1. The largest absolute Gasteiger partial charge is 0.381 e. The third-order valence-electron chi connectivity index (χ3n) is 5.49. The van der Waals surface area contributed by atoms with Crippen molar-refractivity contribution >= 4 is 44.7 Å². The van der Waals surface area contributed by atoms with Crippen LogP contribution in [0.5, 0.6) is 0 Å². The van der Waals surface area contributed by atoms with Gasteiger partial charge in [0.25, 0.3) is 0 Å². The number of benzene rings is 2. The Morgan fingerprint density at radius 1 is 1.03 bits per heavy atom. The fourth-order valence-electron chi connectivity index (χ4n) is 3.72. The molecule has 2 aliphatic heterocycles. The Kier molecular flexibility index (Phi) is 7.71. The molecule has 0 radical (unpaired) electrons. The van der Waals surface area contributed by atoms with Crippen LogP contribution in [0.4, 0.5) is 21.9 Å². The zero-order chi connectivity index (χ0) is 23.3. The molecule has 178 valence electrons. The molecule has 2 saturated heterocycles. The second-order valence-electron chi connectivity index (χ2n) is 7.83. The van der Waals surface area contributed by atoms with Crippen molar-refractivity contribution in [3.8, 4) is 0 Å². The van der Waals surface area contributed by atoms with E-state index in [1.165, 1.54) is 10.4 Å². The van der Waals surface area contributed by atoms with Gasteiger partial charge in [0.2, 0.25) is 10.0 Å². The number of morpholine rings is 1. The molecule has 9 nitrogen and oxygen atoms in total. The van der Waals surface area contributed by atoms with E-state index in [-0.39, 0.29) is 11.0 Å². The van der Waals surface area contributed by atoms with Crippen LogP contribution in [0.1, 0.15) is 12.8 Å². The number of nitrogens with zero attached hydrogens (tertiary/aromatic N) is 1. The summed E-state index contributed by atoms with van der Waals surface area (Å²) < 4.78 is 38.5. The van der Waals surface area contributed by atoms with Gasteiger partial charge < -0.3 is 25.4 Å². The molecule has 2 heterocycles. The fraction of sp³-hybridized carbons (Fsp3) is 0.409. The van der Waals surface area contributed by atoms with E-state index in [9.17, 15) is 13.2 Å². The van der Waals surface area contributed by atoms with Crippen LogP contribution in [0.3, 0.4) is 0 Å². The van der Waals surface area contributed by atoms with Gasteiger partial charge in [-0.2, -0.15) is 4.31 Å². The lowest BCUT2D eigenvalue weighted by atomic mass is 10.2. The number of sulfonamides is 1. The molecule has 11 heteroatoms. The predicted octanol–water partition coefficient (Wildman–Crippen LogP) is 3.60. The summed E-state index contributed by atoms with van der Waals surface area (Å²) in [6.07, 6.45) is 2.05. The van der Waals surface area contributed by atoms with Crippen molar-refractivity contribution < 1.29 is 22.7 Å². The molecule has 0 bridgehead atoms. The minimum absolute atomic E-state index is 0.0810. The maximum Gasteiger partial charge on any atom is 0.323 e. The van der Waals surface area contributed by atoms with E-state index in [0.717, 1.165) is 19.4 Å². The molecule has 2 fully saturated rings.